The van der Waals surface area contributed by atoms with Gasteiger partial charge < -0.3 is 10.8 Å². The van der Waals surface area contributed by atoms with E-state index in [4.69, 9.17) is 10.8 Å². The highest BCUT2D eigenvalue weighted by Crippen LogP contribution is 2.05. The van der Waals surface area contributed by atoms with Crippen molar-refractivity contribution < 1.29 is 9.90 Å². The van der Waals surface area contributed by atoms with Gasteiger partial charge in [0, 0.05) is 12.5 Å². The van der Waals surface area contributed by atoms with Crippen LogP contribution in [0.4, 0.5) is 0 Å². The van der Waals surface area contributed by atoms with Gasteiger partial charge in [-0.1, -0.05) is 12.2 Å². The summed E-state index contributed by atoms with van der Waals surface area (Å²) in [6.45, 7) is 0.482. The van der Waals surface area contributed by atoms with E-state index in [-0.39, 0.29) is 0 Å². The number of nitrogens with zero attached hydrogens (tertiary/aromatic N) is 1. The minimum atomic E-state index is -0.946. The van der Waals surface area contributed by atoms with Gasteiger partial charge >= 0.3 is 5.97 Å². The maximum absolute atomic E-state index is 10.1. The van der Waals surface area contributed by atoms with Crippen LogP contribution < -0.4 is 5.73 Å². The minimum absolute atomic E-state index is 0.482. The number of dihydropyridines is 1. The lowest BCUT2D eigenvalue weighted by molar-refractivity contribution is -0.131. The van der Waals surface area contributed by atoms with Gasteiger partial charge in [0.25, 0.3) is 0 Å². The Labute approximate surface area is 70.1 Å². The Bertz CT molecular complexity index is 277. The van der Waals surface area contributed by atoms with E-state index in [2.05, 4.69) is 4.99 Å². The summed E-state index contributed by atoms with van der Waals surface area (Å²) in [4.78, 5) is 14.1. The highest BCUT2D eigenvalue weighted by atomic mass is 16.4. The highest BCUT2D eigenvalue weighted by molar-refractivity contribution is 5.84. The van der Waals surface area contributed by atoms with E-state index in [0.717, 1.165) is 11.6 Å². The predicted molar refractivity (Wildman–Crippen MR) is 46.0 cm³/mol. The number of amidine groups is 1. The first-order chi connectivity index (χ1) is 5.68. The first-order valence-corrected chi connectivity index (χ1v) is 3.57. The topological polar surface area (TPSA) is 75.7 Å². The number of carboxylic acids is 1. The fourth-order valence-corrected chi connectivity index (χ4v) is 0.857. The molecule has 0 bridgehead atoms. The van der Waals surface area contributed by atoms with Gasteiger partial charge in [0.15, 0.2) is 0 Å². The van der Waals surface area contributed by atoms with Crippen molar-refractivity contribution in [3.8, 4) is 0 Å². The quantitative estimate of drug-likeness (QED) is 0.580. The van der Waals surface area contributed by atoms with Crippen LogP contribution >= 0.6 is 0 Å². The maximum atomic E-state index is 10.1. The van der Waals surface area contributed by atoms with E-state index < -0.39 is 5.97 Å². The van der Waals surface area contributed by atoms with E-state index in [9.17, 15) is 4.79 Å². The fraction of sp³-hybridized carbons (Fsp3) is 0.250. The van der Waals surface area contributed by atoms with Crippen LogP contribution in [0.25, 0.3) is 0 Å². The standard InChI is InChI=1S/C8H10N2O2/c9-7-3-1-6(5-10-7)2-4-8(11)12/h1-2,4H,3,5H2,(H2,9,10)(H,11,12)/b4-2+. The largest absolute Gasteiger partial charge is 0.478 e. The van der Waals surface area contributed by atoms with E-state index >= 15 is 0 Å². The average molecular weight is 166 g/mol. The summed E-state index contributed by atoms with van der Waals surface area (Å²) < 4.78 is 0. The molecule has 0 saturated heterocycles. The van der Waals surface area contributed by atoms with Crippen molar-refractivity contribution in [2.75, 3.05) is 6.54 Å². The number of hydrogen-bond donors (Lipinski definition) is 2. The van der Waals surface area contributed by atoms with Gasteiger partial charge in [0.1, 0.15) is 0 Å². The van der Waals surface area contributed by atoms with Crippen LogP contribution in [0.5, 0.6) is 0 Å². The minimum Gasteiger partial charge on any atom is -0.478 e. The average Bonchev–Trinajstić information content (AvgIpc) is 2.03. The molecule has 0 aliphatic carbocycles. The number of nitrogens with two attached hydrogens (primary N) is 1. The lowest BCUT2D eigenvalue weighted by Crippen LogP contribution is -2.14. The van der Waals surface area contributed by atoms with Gasteiger partial charge in [-0.05, 0) is 5.57 Å². The molecule has 12 heavy (non-hydrogen) atoms. The molecule has 1 heterocycles. The van der Waals surface area contributed by atoms with Crippen LogP contribution in [0.15, 0.2) is 28.8 Å². The van der Waals surface area contributed by atoms with Crippen molar-refractivity contribution in [2.45, 2.75) is 6.42 Å². The van der Waals surface area contributed by atoms with Crippen molar-refractivity contribution >= 4 is 11.8 Å². The summed E-state index contributed by atoms with van der Waals surface area (Å²) in [6.07, 6.45) is 5.13. The second-order valence-corrected chi connectivity index (χ2v) is 2.46. The molecular weight excluding hydrogens is 156 g/mol. The molecular formula is C8H10N2O2. The van der Waals surface area contributed by atoms with Crippen LogP contribution in [0.2, 0.25) is 0 Å². The Morgan fingerprint density at radius 3 is 3.00 bits per heavy atom. The van der Waals surface area contributed by atoms with Crippen molar-refractivity contribution in [2.24, 2.45) is 10.7 Å². The number of carboxylic acid groups (broad SMARTS) is 1. The SMILES string of the molecule is NC1=NCC(/C=C/C(=O)O)=CC1. The molecule has 1 rings (SSSR count). The summed E-state index contributed by atoms with van der Waals surface area (Å²) in [7, 11) is 0. The van der Waals surface area contributed by atoms with Gasteiger partial charge in [-0.25, -0.2) is 4.79 Å². The zero-order valence-corrected chi connectivity index (χ0v) is 6.53. The van der Waals surface area contributed by atoms with Crippen molar-refractivity contribution in [1.29, 1.82) is 0 Å². The molecule has 0 atom stereocenters. The number of carbonyl (C=O) groups is 1. The fourth-order valence-electron chi connectivity index (χ4n) is 0.857. The van der Waals surface area contributed by atoms with E-state index in [1.165, 1.54) is 6.08 Å². The molecule has 0 unspecified atom stereocenters. The van der Waals surface area contributed by atoms with Crippen molar-refractivity contribution in [3.63, 3.8) is 0 Å². The number of aliphatic imine (C=N–C) groups is 1. The summed E-state index contributed by atoms with van der Waals surface area (Å²) in [6, 6.07) is 0. The van der Waals surface area contributed by atoms with Gasteiger partial charge in [-0.2, -0.15) is 0 Å². The number of hydrogen-bond acceptors (Lipinski definition) is 3. The highest BCUT2D eigenvalue weighted by Gasteiger charge is 2.00. The lowest BCUT2D eigenvalue weighted by atomic mass is 10.1. The molecule has 1 aliphatic heterocycles. The molecule has 0 fully saturated rings. The molecule has 0 spiro atoms. The molecule has 4 nitrogen and oxygen atoms in total. The Morgan fingerprint density at radius 1 is 1.75 bits per heavy atom. The molecule has 0 aromatic carbocycles. The summed E-state index contributed by atoms with van der Waals surface area (Å²) in [5.41, 5.74) is 6.31. The smallest absolute Gasteiger partial charge is 0.328 e. The molecule has 0 radical (unpaired) electrons. The molecule has 64 valence electrons. The Kier molecular flexibility index (Phi) is 2.63. The summed E-state index contributed by atoms with van der Waals surface area (Å²) in [5, 5.41) is 8.32. The van der Waals surface area contributed by atoms with Gasteiger partial charge in [0.05, 0.1) is 12.4 Å². The van der Waals surface area contributed by atoms with Gasteiger partial charge in [-0.15, -0.1) is 0 Å². The first kappa shape index (κ1) is 8.52. The van der Waals surface area contributed by atoms with Crippen LogP contribution in [-0.4, -0.2) is 23.5 Å². The summed E-state index contributed by atoms with van der Waals surface area (Å²) >= 11 is 0. The van der Waals surface area contributed by atoms with E-state index in [1.807, 2.05) is 6.08 Å². The van der Waals surface area contributed by atoms with Gasteiger partial charge in [-0.3, -0.25) is 4.99 Å². The third kappa shape index (κ3) is 2.57. The molecule has 0 amide bonds. The maximum Gasteiger partial charge on any atom is 0.328 e. The van der Waals surface area contributed by atoms with E-state index in [0.29, 0.717) is 18.8 Å². The molecule has 3 N–H and O–H groups in total. The Hall–Kier alpha value is -1.58. The molecule has 4 heteroatoms. The summed E-state index contributed by atoms with van der Waals surface area (Å²) in [5.74, 6) is -0.346. The third-order valence-corrected chi connectivity index (χ3v) is 1.48. The predicted octanol–water partition coefficient (Wildman–Crippen LogP) is 0.314. The first-order valence-electron chi connectivity index (χ1n) is 3.57. The van der Waals surface area contributed by atoms with Crippen molar-refractivity contribution in [1.82, 2.24) is 0 Å². The zero-order valence-electron chi connectivity index (χ0n) is 6.53. The normalized spacial score (nSPS) is 17.3. The van der Waals surface area contributed by atoms with Crippen molar-refractivity contribution in [3.05, 3.63) is 23.8 Å². The molecule has 1 aliphatic rings. The number of rotatable bonds is 2. The second kappa shape index (κ2) is 3.71. The third-order valence-electron chi connectivity index (χ3n) is 1.48. The van der Waals surface area contributed by atoms with Crippen LogP contribution in [0, 0.1) is 0 Å². The molecule has 0 aromatic rings. The monoisotopic (exact) mass is 166 g/mol. The number of aliphatic carboxylic acids is 1. The zero-order chi connectivity index (χ0) is 8.97. The van der Waals surface area contributed by atoms with Crippen LogP contribution in [0.3, 0.4) is 0 Å². The Morgan fingerprint density at radius 2 is 2.50 bits per heavy atom. The lowest BCUT2D eigenvalue weighted by Gasteiger charge is -2.05. The van der Waals surface area contributed by atoms with Crippen LogP contribution in [-0.2, 0) is 4.79 Å². The van der Waals surface area contributed by atoms with E-state index in [1.54, 1.807) is 0 Å². The molecule has 0 saturated carbocycles. The second-order valence-electron chi connectivity index (χ2n) is 2.46. The Balaban J connectivity index is 2.52. The van der Waals surface area contributed by atoms with Crippen LogP contribution in [0.1, 0.15) is 6.42 Å². The van der Waals surface area contributed by atoms with Gasteiger partial charge in [0.2, 0.25) is 0 Å². The molecule has 0 aromatic heterocycles.